The Kier molecular flexibility index (Phi) is 5.39. The number of carbonyl (C=O) groups excluding carboxylic acids is 1. The fraction of sp³-hybridized carbons (Fsp3) is 0.375. The quantitative estimate of drug-likeness (QED) is 0.869. The summed E-state index contributed by atoms with van der Waals surface area (Å²) >= 11 is 6.04. The van der Waals surface area contributed by atoms with Crippen molar-refractivity contribution in [3.05, 3.63) is 40.9 Å². The van der Waals surface area contributed by atoms with Gasteiger partial charge in [-0.25, -0.2) is 0 Å². The molecule has 1 saturated heterocycles. The topological polar surface area (TPSA) is 57.6 Å². The molecule has 0 aliphatic carbocycles. The highest BCUT2D eigenvalue weighted by atomic mass is 35.5. The zero-order valence-corrected chi connectivity index (χ0v) is 12.4. The molecule has 0 aromatic heterocycles. The number of carboxylic acids is 1. The zero-order valence-electron chi connectivity index (χ0n) is 11.7. The van der Waals surface area contributed by atoms with Crippen molar-refractivity contribution in [3.8, 4) is 0 Å². The molecule has 1 aliphatic rings. The van der Waals surface area contributed by atoms with Crippen molar-refractivity contribution in [1.29, 1.82) is 0 Å². The van der Waals surface area contributed by atoms with Gasteiger partial charge >= 0.3 is 5.97 Å². The first-order chi connectivity index (χ1) is 10.1. The normalized spacial score (nSPS) is 18.9. The molecule has 112 valence electrons. The summed E-state index contributed by atoms with van der Waals surface area (Å²) in [5.74, 6) is -1.02. The summed E-state index contributed by atoms with van der Waals surface area (Å²) in [4.78, 5) is 24.8. The Morgan fingerprint density at radius 2 is 2.10 bits per heavy atom. The summed E-state index contributed by atoms with van der Waals surface area (Å²) < 4.78 is 0. The van der Waals surface area contributed by atoms with Gasteiger partial charge in [0.1, 0.15) is 0 Å². The number of halogens is 1. The molecule has 1 aromatic rings. The Morgan fingerprint density at radius 1 is 1.33 bits per heavy atom. The van der Waals surface area contributed by atoms with Crippen LogP contribution in [0.2, 0.25) is 5.02 Å². The molecule has 1 amide bonds. The molecule has 0 spiro atoms. The van der Waals surface area contributed by atoms with Gasteiger partial charge in [-0.05, 0) is 37.0 Å². The van der Waals surface area contributed by atoms with Crippen LogP contribution in [0.5, 0.6) is 0 Å². The summed E-state index contributed by atoms with van der Waals surface area (Å²) in [6.07, 6.45) is 5.79. The number of piperidine rings is 1. The summed E-state index contributed by atoms with van der Waals surface area (Å²) in [5.41, 5.74) is 0.777. The standard InChI is InChI=1S/C16H18ClNO3/c17-14-7-2-1-5-12(14)8-9-15(19)18-10-4-3-6-13(18)11-16(20)21/h1-2,5,7-9,13H,3-4,6,10-11H2,(H,20,21)/b9-8+. The number of rotatable bonds is 4. The van der Waals surface area contributed by atoms with Crippen LogP contribution >= 0.6 is 11.6 Å². The summed E-state index contributed by atoms with van der Waals surface area (Å²) in [6.45, 7) is 0.615. The fourth-order valence-electron chi connectivity index (χ4n) is 2.57. The SMILES string of the molecule is O=C(O)CC1CCCCN1C(=O)/C=C/c1ccccc1Cl. The second-order valence-corrected chi connectivity index (χ2v) is 5.54. The van der Waals surface area contributed by atoms with Crippen molar-refractivity contribution in [2.75, 3.05) is 6.54 Å². The summed E-state index contributed by atoms with van der Waals surface area (Å²) in [5, 5.41) is 9.52. The lowest BCUT2D eigenvalue weighted by atomic mass is 9.99. The molecule has 0 saturated carbocycles. The van der Waals surface area contributed by atoms with E-state index in [1.165, 1.54) is 6.08 Å². The zero-order chi connectivity index (χ0) is 15.2. The van der Waals surface area contributed by atoms with Gasteiger partial charge in [-0.2, -0.15) is 0 Å². The van der Waals surface area contributed by atoms with Crippen LogP contribution in [-0.4, -0.2) is 34.5 Å². The number of amides is 1. The molecular formula is C16H18ClNO3. The highest BCUT2D eigenvalue weighted by Crippen LogP contribution is 2.21. The Labute approximate surface area is 129 Å². The van der Waals surface area contributed by atoms with Crippen molar-refractivity contribution >= 4 is 29.6 Å². The van der Waals surface area contributed by atoms with E-state index in [-0.39, 0.29) is 18.4 Å². The molecule has 1 fully saturated rings. The van der Waals surface area contributed by atoms with Gasteiger partial charge in [-0.15, -0.1) is 0 Å². The Morgan fingerprint density at radius 3 is 2.81 bits per heavy atom. The number of nitrogens with zero attached hydrogens (tertiary/aromatic N) is 1. The first-order valence-corrected chi connectivity index (χ1v) is 7.40. The smallest absolute Gasteiger partial charge is 0.305 e. The van der Waals surface area contributed by atoms with Crippen molar-refractivity contribution in [3.63, 3.8) is 0 Å². The van der Waals surface area contributed by atoms with Crippen molar-refractivity contribution in [2.24, 2.45) is 0 Å². The second-order valence-electron chi connectivity index (χ2n) is 5.13. The number of aliphatic carboxylic acids is 1. The number of hydrogen-bond donors (Lipinski definition) is 1. The minimum Gasteiger partial charge on any atom is -0.481 e. The highest BCUT2D eigenvalue weighted by Gasteiger charge is 2.27. The van der Waals surface area contributed by atoms with Crippen LogP contribution in [0.1, 0.15) is 31.2 Å². The Bertz CT molecular complexity index is 556. The second kappa shape index (κ2) is 7.27. The molecule has 2 rings (SSSR count). The maximum absolute atomic E-state index is 12.3. The van der Waals surface area contributed by atoms with Crippen molar-refractivity contribution in [1.82, 2.24) is 4.90 Å². The molecule has 1 aliphatic heterocycles. The molecule has 5 heteroatoms. The summed E-state index contributed by atoms with van der Waals surface area (Å²) in [6, 6.07) is 7.07. The van der Waals surface area contributed by atoms with E-state index in [0.29, 0.717) is 11.6 Å². The van der Waals surface area contributed by atoms with Crippen LogP contribution in [0.15, 0.2) is 30.3 Å². The van der Waals surface area contributed by atoms with E-state index in [1.807, 2.05) is 18.2 Å². The van der Waals surface area contributed by atoms with E-state index in [1.54, 1.807) is 17.0 Å². The summed E-state index contributed by atoms with van der Waals surface area (Å²) in [7, 11) is 0. The van der Waals surface area contributed by atoms with Crippen LogP contribution in [0.25, 0.3) is 6.08 Å². The van der Waals surface area contributed by atoms with Crippen molar-refractivity contribution < 1.29 is 14.7 Å². The van der Waals surface area contributed by atoms with Gasteiger partial charge in [0.05, 0.1) is 6.42 Å². The average Bonchev–Trinajstić information content (AvgIpc) is 2.46. The van der Waals surface area contributed by atoms with E-state index in [0.717, 1.165) is 24.8 Å². The number of likely N-dealkylation sites (tertiary alicyclic amines) is 1. The minimum absolute atomic E-state index is 0.00563. The number of carboxylic acid groups (broad SMARTS) is 1. The molecule has 0 bridgehead atoms. The predicted octanol–water partition coefficient (Wildman–Crippen LogP) is 3.21. The van der Waals surface area contributed by atoms with Gasteiger partial charge < -0.3 is 10.0 Å². The Balaban J connectivity index is 2.07. The monoisotopic (exact) mass is 307 g/mol. The molecule has 21 heavy (non-hydrogen) atoms. The Hall–Kier alpha value is -1.81. The van der Waals surface area contributed by atoms with Crippen LogP contribution in [0.4, 0.5) is 0 Å². The molecule has 0 radical (unpaired) electrons. The van der Waals surface area contributed by atoms with Crippen molar-refractivity contribution in [2.45, 2.75) is 31.7 Å². The van der Waals surface area contributed by atoms with Gasteiger partial charge in [0.15, 0.2) is 0 Å². The molecular weight excluding hydrogens is 290 g/mol. The molecule has 4 nitrogen and oxygen atoms in total. The third-order valence-corrected chi connectivity index (χ3v) is 3.98. The molecule has 1 N–H and O–H groups in total. The lowest BCUT2D eigenvalue weighted by Gasteiger charge is -2.34. The predicted molar refractivity (Wildman–Crippen MR) is 82.1 cm³/mol. The largest absolute Gasteiger partial charge is 0.481 e. The van der Waals surface area contributed by atoms with Gasteiger partial charge in [0, 0.05) is 23.7 Å². The molecule has 1 atom stereocenters. The van der Waals surface area contributed by atoms with Gasteiger partial charge in [-0.3, -0.25) is 9.59 Å². The fourth-order valence-corrected chi connectivity index (χ4v) is 2.77. The number of benzene rings is 1. The first kappa shape index (κ1) is 15.6. The van der Waals surface area contributed by atoms with Crippen LogP contribution in [0, 0.1) is 0 Å². The first-order valence-electron chi connectivity index (χ1n) is 7.03. The van der Waals surface area contributed by atoms with Gasteiger partial charge in [0.25, 0.3) is 0 Å². The van der Waals surface area contributed by atoms with E-state index < -0.39 is 5.97 Å². The maximum Gasteiger partial charge on any atom is 0.305 e. The molecule has 1 heterocycles. The van der Waals surface area contributed by atoms with E-state index in [2.05, 4.69) is 0 Å². The van der Waals surface area contributed by atoms with Gasteiger partial charge in [-0.1, -0.05) is 29.8 Å². The third kappa shape index (κ3) is 4.33. The highest BCUT2D eigenvalue weighted by molar-refractivity contribution is 6.32. The van der Waals surface area contributed by atoms with Crippen LogP contribution < -0.4 is 0 Å². The van der Waals surface area contributed by atoms with E-state index in [4.69, 9.17) is 16.7 Å². The van der Waals surface area contributed by atoms with E-state index >= 15 is 0 Å². The van der Waals surface area contributed by atoms with Crippen LogP contribution in [-0.2, 0) is 9.59 Å². The number of hydrogen-bond acceptors (Lipinski definition) is 2. The minimum atomic E-state index is -0.866. The van der Waals surface area contributed by atoms with Gasteiger partial charge in [0.2, 0.25) is 5.91 Å². The average molecular weight is 308 g/mol. The third-order valence-electron chi connectivity index (χ3n) is 3.63. The molecule has 1 unspecified atom stereocenters. The van der Waals surface area contributed by atoms with Crippen LogP contribution in [0.3, 0.4) is 0 Å². The molecule has 1 aromatic carbocycles. The van der Waals surface area contributed by atoms with E-state index in [9.17, 15) is 9.59 Å². The maximum atomic E-state index is 12.3. The lowest BCUT2D eigenvalue weighted by molar-refractivity contribution is -0.140. The lowest BCUT2D eigenvalue weighted by Crippen LogP contribution is -2.44. The number of carbonyl (C=O) groups is 2.